The number of pyridine rings is 3. The van der Waals surface area contributed by atoms with E-state index in [0.29, 0.717) is 22.8 Å². The highest BCUT2D eigenvalue weighted by Gasteiger charge is 2.19. The van der Waals surface area contributed by atoms with Crippen molar-refractivity contribution >= 4 is 11.6 Å². The Morgan fingerprint density at radius 3 is 2.72 bits per heavy atom. The molecule has 0 radical (unpaired) electrons. The first kappa shape index (κ1) is 18.0. The van der Waals surface area contributed by atoms with E-state index in [1.165, 1.54) is 0 Å². The zero-order valence-corrected chi connectivity index (χ0v) is 15.4. The molecule has 1 amide bonds. The number of carbonyl (C=O) groups is 1. The molecule has 4 aromatic heterocycles. The fraction of sp³-hybridized carbons (Fsp3) is 0.0476. The summed E-state index contributed by atoms with van der Waals surface area (Å²) in [7, 11) is 1.75. The van der Waals surface area contributed by atoms with E-state index in [0.717, 1.165) is 5.56 Å². The maximum Gasteiger partial charge on any atom is 0.275 e. The van der Waals surface area contributed by atoms with Crippen molar-refractivity contribution in [2.24, 2.45) is 7.05 Å². The summed E-state index contributed by atoms with van der Waals surface area (Å²) >= 11 is 0. The van der Waals surface area contributed by atoms with E-state index >= 15 is 0 Å². The summed E-state index contributed by atoms with van der Waals surface area (Å²) in [4.78, 5) is 25.7. The minimum atomic E-state index is -0.502. The highest BCUT2D eigenvalue weighted by molar-refractivity contribution is 6.06. The zero-order valence-electron chi connectivity index (χ0n) is 15.4. The van der Waals surface area contributed by atoms with Crippen molar-refractivity contribution in [3.8, 4) is 28.7 Å². The molecule has 0 atom stereocenters. The van der Waals surface area contributed by atoms with Crippen LogP contribution in [0.5, 0.6) is 0 Å². The van der Waals surface area contributed by atoms with Gasteiger partial charge < -0.3 is 5.32 Å². The smallest absolute Gasteiger partial charge is 0.275 e. The molecule has 0 spiro atoms. The molecule has 0 aromatic carbocycles. The molecule has 0 saturated carbocycles. The van der Waals surface area contributed by atoms with E-state index in [2.05, 4.69) is 25.4 Å². The number of carbonyl (C=O) groups excluding carboxylic acids is 1. The molecule has 1 N–H and O–H groups in total. The Hall–Kier alpha value is -4.38. The van der Waals surface area contributed by atoms with Crippen molar-refractivity contribution in [1.82, 2.24) is 24.7 Å². The molecular weight excluding hydrogens is 366 g/mol. The lowest BCUT2D eigenvalue weighted by Gasteiger charge is -2.08. The van der Waals surface area contributed by atoms with Crippen LogP contribution in [0.3, 0.4) is 0 Å². The Kier molecular flexibility index (Phi) is 4.78. The Labute approximate surface area is 166 Å². The summed E-state index contributed by atoms with van der Waals surface area (Å²) in [5.74, 6) is -0.502. The number of nitriles is 1. The zero-order chi connectivity index (χ0) is 20.2. The van der Waals surface area contributed by atoms with E-state index < -0.39 is 5.91 Å². The van der Waals surface area contributed by atoms with Crippen molar-refractivity contribution in [3.63, 3.8) is 0 Å². The van der Waals surface area contributed by atoms with Gasteiger partial charge in [-0.25, -0.2) is 4.98 Å². The van der Waals surface area contributed by atoms with Gasteiger partial charge in [-0.05, 0) is 36.4 Å². The highest BCUT2D eigenvalue weighted by Crippen LogP contribution is 2.25. The minimum Gasteiger partial charge on any atom is -0.317 e. The molecule has 0 fully saturated rings. The lowest BCUT2D eigenvalue weighted by atomic mass is 10.1. The van der Waals surface area contributed by atoms with Crippen LogP contribution in [0.2, 0.25) is 0 Å². The first-order valence-electron chi connectivity index (χ1n) is 8.73. The van der Waals surface area contributed by atoms with Crippen LogP contribution >= 0.6 is 0 Å². The quantitative estimate of drug-likeness (QED) is 0.582. The standard InChI is InChI=1S/C21H15N7O/c1-28-13-18(20(27-28)17-6-2-3-10-24-17)26-21(29)19-14(11-22)7-8-16(25-19)15-5-4-9-23-12-15/h2-10,12-13H,1H3,(H,26,29). The summed E-state index contributed by atoms with van der Waals surface area (Å²) in [6.45, 7) is 0. The largest absolute Gasteiger partial charge is 0.317 e. The number of rotatable bonds is 4. The number of nitrogens with zero attached hydrogens (tertiary/aromatic N) is 6. The second kappa shape index (κ2) is 7.70. The van der Waals surface area contributed by atoms with Gasteiger partial charge >= 0.3 is 0 Å². The molecule has 8 heteroatoms. The Bertz CT molecular complexity index is 1210. The Morgan fingerprint density at radius 2 is 2.00 bits per heavy atom. The maximum absolute atomic E-state index is 13.0. The monoisotopic (exact) mass is 381 g/mol. The second-order valence-electron chi connectivity index (χ2n) is 6.18. The summed E-state index contributed by atoms with van der Waals surface area (Å²) in [5.41, 5.74) is 3.15. The molecule has 4 aromatic rings. The van der Waals surface area contributed by atoms with Crippen LogP contribution in [0.4, 0.5) is 5.69 Å². The molecule has 4 heterocycles. The van der Waals surface area contributed by atoms with Crippen LogP contribution in [-0.4, -0.2) is 30.6 Å². The summed E-state index contributed by atoms with van der Waals surface area (Å²) < 4.78 is 1.59. The van der Waals surface area contributed by atoms with E-state index in [-0.39, 0.29) is 11.3 Å². The van der Waals surface area contributed by atoms with Crippen LogP contribution in [0.25, 0.3) is 22.6 Å². The molecule has 8 nitrogen and oxygen atoms in total. The summed E-state index contributed by atoms with van der Waals surface area (Å²) in [6.07, 6.45) is 6.64. The van der Waals surface area contributed by atoms with Gasteiger partial charge in [0, 0.05) is 37.4 Å². The summed E-state index contributed by atoms with van der Waals surface area (Å²) in [6, 6.07) is 14.4. The van der Waals surface area contributed by atoms with Crippen LogP contribution in [0.15, 0.2) is 67.3 Å². The third kappa shape index (κ3) is 3.70. The molecule has 0 aliphatic heterocycles. The van der Waals surface area contributed by atoms with Crippen molar-refractivity contribution in [2.75, 3.05) is 5.32 Å². The minimum absolute atomic E-state index is 0.0321. The van der Waals surface area contributed by atoms with Crippen molar-refractivity contribution < 1.29 is 4.79 Å². The number of aromatic nitrogens is 5. The number of anilines is 1. The van der Waals surface area contributed by atoms with E-state index in [1.54, 1.807) is 66.8 Å². The molecule has 0 aliphatic carbocycles. The Morgan fingerprint density at radius 1 is 1.10 bits per heavy atom. The third-order valence-corrected chi connectivity index (χ3v) is 4.17. The number of hydrogen-bond acceptors (Lipinski definition) is 6. The van der Waals surface area contributed by atoms with Gasteiger partial charge in [-0.1, -0.05) is 6.07 Å². The van der Waals surface area contributed by atoms with Gasteiger partial charge in [0.15, 0.2) is 0 Å². The van der Waals surface area contributed by atoms with Gasteiger partial charge in [0.1, 0.15) is 17.5 Å². The maximum atomic E-state index is 13.0. The van der Waals surface area contributed by atoms with Gasteiger partial charge in [-0.3, -0.25) is 19.4 Å². The molecule has 29 heavy (non-hydrogen) atoms. The van der Waals surface area contributed by atoms with E-state index in [4.69, 9.17) is 0 Å². The van der Waals surface area contributed by atoms with Crippen LogP contribution in [0.1, 0.15) is 16.1 Å². The predicted octanol–water partition coefficient (Wildman–Crippen LogP) is 3.06. The molecular formula is C21H15N7O. The van der Waals surface area contributed by atoms with Crippen molar-refractivity contribution in [1.29, 1.82) is 5.26 Å². The molecule has 0 bridgehead atoms. The first-order valence-corrected chi connectivity index (χ1v) is 8.73. The fourth-order valence-corrected chi connectivity index (χ4v) is 2.85. The lowest BCUT2D eigenvalue weighted by Crippen LogP contribution is -2.16. The van der Waals surface area contributed by atoms with Gasteiger partial charge in [0.2, 0.25) is 0 Å². The van der Waals surface area contributed by atoms with Gasteiger partial charge in [-0.15, -0.1) is 0 Å². The van der Waals surface area contributed by atoms with Gasteiger partial charge in [0.05, 0.1) is 22.6 Å². The van der Waals surface area contributed by atoms with Crippen molar-refractivity contribution in [2.45, 2.75) is 0 Å². The average Bonchev–Trinajstić information content (AvgIpc) is 3.14. The predicted molar refractivity (Wildman–Crippen MR) is 107 cm³/mol. The molecule has 0 aliphatic rings. The molecule has 4 rings (SSSR count). The van der Waals surface area contributed by atoms with E-state index in [9.17, 15) is 10.1 Å². The number of amides is 1. The highest BCUT2D eigenvalue weighted by atomic mass is 16.1. The Balaban J connectivity index is 1.70. The number of aryl methyl sites for hydroxylation is 1. The average molecular weight is 381 g/mol. The molecule has 0 saturated heterocycles. The number of hydrogen-bond donors (Lipinski definition) is 1. The number of nitrogens with one attached hydrogen (secondary N) is 1. The van der Waals surface area contributed by atoms with Gasteiger partial charge in [0.25, 0.3) is 5.91 Å². The molecule has 0 unspecified atom stereocenters. The topological polar surface area (TPSA) is 109 Å². The summed E-state index contributed by atoms with van der Waals surface area (Å²) in [5, 5.41) is 16.6. The van der Waals surface area contributed by atoms with E-state index in [1.807, 2.05) is 18.2 Å². The normalized spacial score (nSPS) is 10.3. The first-order chi connectivity index (χ1) is 14.2. The lowest BCUT2D eigenvalue weighted by molar-refractivity contribution is 0.102. The van der Waals surface area contributed by atoms with Crippen LogP contribution < -0.4 is 5.32 Å². The van der Waals surface area contributed by atoms with Crippen molar-refractivity contribution in [3.05, 3.63) is 78.5 Å². The fourth-order valence-electron chi connectivity index (χ4n) is 2.85. The third-order valence-electron chi connectivity index (χ3n) is 4.17. The van der Waals surface area contributed by atoms with Gasteiger partial charge in [-0.2, -0.15) is 10.4 Å². The molecule has 140 valence electrons. The van der Waals surface area contributed by atoms with Crippen LogP contribution in [0, 0.1) is 11.3 Å². The van der Waals surface area contributed by atoms with Crippen LogP contribution in [-0.2, 0) is 7.05 Å². The second-order valence-corrected chi connectivity index (χ2v) is 6.18. The SMILES string of the molecule is Cn1cc(NC(=O)c2nc(-c3cccnc3)ccc2C#N)c(-c2ccccn2)n1.